The Morgan fingerprint density at radius 1 is 1.17 bits per heavy atom. The van der Waals surface area contributed by atoms with Crippen molar-refractivity contribution in [3.63, 3.8) is 0 Å². The predicted octanol–water partition coefficient (Wildman–Crippen LogP) is 4.68. The van der Waals surface area contributed by atoms with Crippen molar-refractivity contribution < 1.29 is 0 Å². The van der Waals surface area contributed by atoms with Crippen LogP contribution in [0.5, 0.6) is 0 Å². The molecule has 0 aliphatic heterocycles. The molecule has 3 aromatic heterocycles. The van der Waals surface area contributed by atoms with Crippen molar-refractivity contribution in [2.24, 2.45) is 0 Å². The molecule has 0 atom stereocenters. The number of aromatic nitrogens is 3. The molecule has 0 unspecified atom stereocenters. The fourth-order valence-electron chi connectivity index (χ4n) is 2.64. The van der Waals surface area contributed by atoms with E-state index >= 15 is 0 Å². The van der Waals surface area contributed by atoms with Gasteiger partial charge in [0.05, 0.1) is 5.39 Å². The van der Waals surface area contributed by atoms with E-state index in [-0.39, 0.29) is 5.56 Å². The number of aryl methyl sites for hydroxylation is 1. The van der Waals surface area contributed by atoms with Crippen LogP contribution in [0, 0.1) is 6.92 Å². The number of nitrogens with one attached hydrogen (secondary N) is 1. The van der Waals surface area contributed by atoms with Crippen molar-refractivity contribution in [1.29, 1.82) is 0 Å². The Kier molecular flexibility index (Phi) is 3.67. The lowest BCUT2D eigenvalue weighted by atomic mass is 10.1. The first kappa shape index (κ1) is 15.1. The van der Waals surface area contributed by atoms with Crippen LogP contribution in [0.4, 0.5) is 0 Å². The molecular formula is C18H12ClN3OS. The molecule has 6 heteroatoms. The zero-order valence-corrected chi connectivity index (χ0v) is 14.3. The van der Waals surface area contributed by atoms with Crippen LogP contribution in [0.25, 0.3) is 32.9 Å². The normalized spacial score (nSPS) is 11.1. The van der Waals surface area contributed by atoms with Gasteiger partial charge in [0, 0.05) is 22.2 Å². The highest BCUT2D eigenvalue weighted by Gasteiger charge is 2.15. The minimum Gasteiger partial charge on any atom is -0.305 e. The fourth-order valence-corrected chi connectivity index (χ4v) is 3.71. The summed E-state index contributed by atoms with van der Waals surface area (Å²) in [5.41, 5.74) is 3.31. The van der Waals surface area contributed by atoms with E-state index in [0.717, 1.165) is 16.7 Å². The Bertz CT molecular complexity index is 1100. The number of H-pyrrole nitrogens is 1. The molecule has 1 N–H and O–H groups in total. The fraction of sp³-hybridized carbons (Fsp3) is 0.0556. The summed E-state index contributed by atoms with van der Waals surface area (Å²) in [4.78, 5) is 25.2. The van der Waals surface area contributed by atoms with Gasteiger partial charge in [-0.1, -0.05) is 29.8 Å². The summed E-state index contributed by atoms with van der Waals surface area (Å²) in [6.07, 6.45) is 1.69. The highest BCUT2D eigenvalue weighted by molar-refractivity contribution is 7.17. The van der Waals surface area contributed by atoms with Crippen LogP contribution in [0.1, 0.15) is 5.56 Å². The largest absolute Gasteiger partial charge is 0.305 e. The number of benzene rings is 1. The lowest BCUT2D eigenvalue weighted by Gasteiger charge is -2.04. The van der Waals surface area contributed by atoms with Crippen molar-refractivity contribution in [2.75, 3.05) is 0 Å². The van der Waals surface area contributed by atoms with Gasteiger partial charge in [-0.3, -0.25) is 9.78 Å². The van der Waals surface area contributed by atoms with Crippen LogP contribution in [0.15, 0.2) is 52.8 Å². The Labute approximate surface area is 146 Å². The smallest absolute Gasteiger partial charge is 0.260 e. The van der Waals surface area contributed by atoms with Gasteiger partial charge in [-0.15, -0.1) is 11.3 Å². The van der Waals surface area contributed by atoms with Crippen LogP contribution in [0.2, 0.25) is 5.02 Å². The molecule has 4 aromatic rings. The van der Waals surface area contributed by atoms with Gasteiger partial charge in [0.2, 0.25) is 0 Å². The van der Waals surface area contributed by atoms with Gasteiger partial charge in [0.1, 0.15) is 10.5 Å². The van der Waals surface area contributed by atoms with Crippen molar-refractivity contribution >= 4 is 33.2 Å². The molecular weight excluding hydrogens is 342 g/mol. The Morgan fingerprint density at radius 3 is 2.71 bits per heavy atom. The number of nitrogens with zero attached hydrogens (tertiary/aromatic N) is 2. The molecule has 4 rings (SSSR count). The van der Waals surface area contributed by atoms with Crippen molar-refractivity contribution in [3.8, 4) is 22.6 Å². The molecule has 1 aromatic carbocycles. The molecule has 0 radical (unpaired) electrons. The second-order valence-electron chi connectivity index (χ2n) is 5.42. The number of pyridine rings is 1. The summed E-state index contributed by atoms with van der Waals surface area (Å²) in [6.45, 7) is 1.94. The first-order chi connectivity index (χ1) is 11.6. The zero-order valence-electron chi connectivity index (χ0n) is 12.7. The Morgan fingerprint density at radius 2 is 1.96 bits per heavy atom. The van der Waals surface area contributed by atoms with Crippen LogP contribution in [0.3, 0.4) is 0 Å². The lowest BCUT2D eigenvalue weighted by Crippen LogP contribution is -2.10. The molecule has 3 heterocycles. The van der Waals surface area contributed by atoms with Gasteiger partial charge in [-0.25, -0.2) is 4.98 Å². The average molecular weight is 354 g/mol. The second kappa shape index (κ2) is 5.85. The molecule has 0 fully saturated rings. The quantitative estimate of drug-likeness (QED) is 0.569. The molecule has 0 aliphatic carbocycles. The topological polar surface area (TPSA) is 58.6 Å². The van der Waals surface area contributed by atoms with Crippen LogP contribution >= 0.6 is 22.9 Å². The van der Waals surface area contributed by atoms with E-state index in [2.05, 4.69) is 15.0 Å². The molecule has 0 saturated carbocycles. The molecule has 0 amide bonds. The summed E-state index contributed by atoms with van der Waals surface area (Å²) in [5.74, 6) is 0.495. The summed E-state index contributed by atoms with van der Waals surface area (Å²) < 4.78 is 0. The molecule has 0 bridgehead atoms. The van der Waals surface area contributed by atoms with E-state index in [1.54, 1.807) is 6.20 Å². The van der Waals surface area contributed by atoms with Gasteiger partial charge in [0.15, 0.2) is 5.82 Å². The average Bonchev–Trinajstić information content (AvgIpc) is 3.00. The maximum atomic E-state index is 12.7. The van der Waals surface area contributed by atoms with E-state index in [1.165, 1.54) is 11.3 Å². The minimum absolute atomic E-state index is 0.161. The first-order valence-corrected chi connectivity index (χ1v) is 8.58. The number of rotatable bonds is 2. The number of fused-ring (bicyclic) bond motifs is 1. The highest BCUT2D eigenvalue weighted by atomic mass is 35.5. The molecule has 0 saturated heterocycles. The van der Waals surface area contributed by atoms with Gasteiger partial charge < -0.3 is 4.98 Å². The van der Waals surface area contributed by atoms with E-state index < -0.39 is 0 Å². The number of halogens is 1. The minimum atomic E-state index is -0.161. The van der Waals surface area contributed by atoms with E-state index in [1.807, 2.05) is 48.7 Å². The predicted molar refractivity (Wildman–Crippen MR) is 98.7 cm³/mol. The first-order valence-electron chi connectivity index (χ1n) is 7.33. The van der Waals surface area contributed by atoms with Crippen molar-refractivity contribution in [2.45, 2.75) is 6.92 Å². The SMILES string of the molecule is Cc1cccnc1-c1nc2scc(-c3ccc(Cl)cc3)c2c(=O)[nH]1. The molecule has 24 heavy (non-hydrogen) atoms. The third-order valence-electron chi connectivity index (χ3n) is 3.83. The Hall–Kier alpha value is -2.50. The van der Waals surface area contributed by atoms with Gasteiger partial charge in [0.25, 0.3) is 5.56 Å². The van der Waals surface area contributed by atoms with Crippen molar-refractivity contribution in [3.05, 3.63) is 68.9 Å². The highest BCUT2D eigenvalue weighted by Crippen LogP contribution is 2.32. The molecule has 0 aliphatic rings. The summed E-state index contributed by atoms with van der Waals surface area (Å²) >= 11 is 7.39. The standard InChI is InChI=1S/C18H12ClN3OS/c1-10-3-2-8-20-15(10)16-21-17(23)14-13(9-24-18(14)22-16)11-4-6-12(19)7-5-11/h2-9H,1H3,(H,21,22,23). The maximum absolute atomic E-state index is 12.7. The third kappa shape index (κ3) is 2.52. The monoisotopic (exact) mass is 353 g/mol. The molecule has 4 nitrogen and oxygen atoms in total. The number of thiophene rings is 1. The van der Waals surface area contributed by atoms with Crippen molar-refractivity contribution in [1.82, 2.24) is 15.0 Å². The van der Waals surface area contributed by atoms with Crippen LogP contribution in [-0.2, 0) is 0 Å². The molecule has 0 spiro atoms. The number of hydrogen-bond acceptors (Lipinski definition) is 4. The number of aromatic amines is 1. The summed E-state index contributed by atoms with van der Waals surface area (Å²) in [7, 11) is 0. The number of hydrogen-bond donors (Lipinski definition) is 1. The van der Waals surface area contributed by atoms with Gasteiger partial charge in [-0.2, -0.15) is 0 Å². The second-order valence-corrected chi connectivity index (χ2v) is 6.71. The summed E-state index contributed by atoms with van der Waals surface area (Å²) in [5, 5.41) is 3.21. The maximum Gasteiger partial charge on any atom is 0.260 e. The van der Waals surface area contributed by atoms with Gasteiger partial charge >= 0.3 is 0 Å². The van der Waals surface area contributed by atoms with E-state index in [9.17, 15) is 4.79 Å². The lowest BCUT2D eigenvalue weighted by molar-refractivity contribution is 1.13. The Balaban J connectivity index is 1.92. The third-order valence-corrected chi connectivity index (χ3v) is 4.96. The van der Waals surface area contributed by atoms with Gasteiger partial charge in [-0.05, 0) is 36.2 Å². The van der Waals surface area contributed by atoms with E-state index in [0.29, 0.717) is 26.8 Å². The summed E-state index contributed by atoms with van der Waals surface area (Å²) in [6, 6.07) is 11.2. The van der Waals surface area contributed by atoms with E-state index in [4.69, 9.17) is 11.6 Å². The van der Waals surface area contributed by atoms with Crippen LogP contribution in [-0.4, -0.2) is 15.0 Å². The van der Waals surface area contributed by atoms with Crippen LogP contribution < -0.4 is 5.56 Å². The molecule has 118 valence electrons. The zero-order chi connectivity index (χ0) is 16.7.